The Morgan fingerprint density at radius 3 is 2.68 bits per heavy atom. The lowest BCUT2D eigenvalue weighted by Crippen LogP contribution is -2.79. The van der Waals surface area contributed by atoms with Gasteiger partial charge in [0, 0.05) is 24.1 Å². The predicted octanol–water partition coefficient (Wildman–Crippen LogP) is -4.60. The van der Waals surface area contributed by atoms with Gasteiger partial charge in [-0.2, -0.15) is 0 Å². The van der Waals surface area contributed by atoms with Crippen molar-refractivity contribution >= 4 is 41.2 Å². The first-order valence-corrected chi connectivity index (χ1v) is 11.8. The summed E-state index contributed by atoms with van der Waals surface area (Å²) in [5.41, 5.74) is 11.7. The third kappa shape index (κ3) is 3.13. The molecule has 4 atom stereocenters. The van der Waals surface area contributed by atoms with Crippen LogP contribution in [-0.2, 0) is 20.8 Å². The zero-order chi connectivity index (χ0) is 26.3. The number of benzene rings is 1. The lowest BCUT2D eigenvalue weighted by molar-refractivity contribution is -0.623. The van der Waals surface area contributed by atoms with Gasteiger partial charge in [-0.3, -0.25) is 35.1 Å². The summed E-state index contributed by atoms with van der Waals surface area (Å²) in [4.78, 5) is 55.0. The van der Waals surface area contributed by atoms with E-state index in [1.165, 1.54) is 4.58 Å². The molecule has 15 heteroatoms. The Kier molecular flexibility index (Phi) is 4.78. The Morgan fingerprint density at radius 2 is 1.95 bits per heavy atom. The number of carbonyl (C=O) groups excluding carboxylic acids is 4. The third-order valence-corrected chi connectivity index (χ3v) is 7.74. The van der Waals surface area contributed by atoms with Gasteiger partial charge in [-0.25, -0.2) is 9.57 Å². The van der Waals surface area contributed by atoms with Crippen LogP contribution in [0.25, 0.3) is 0 Å². The van der Waals surface area contributed by atoms with Crippen molar-refractivity contribution in [1.82, 2.24) is 20.9 Å². The molecule has 0 bridgehead atoms. The van der Waals surface area contributed by atoms with E-state index in [9.17, 15) is 29.4 Å². The molecule has 5 heterocycles. The predicted molar refractivity (Wildman–Crippen MR) is 126 cm³/mol. The van der Waals surface area contributed by atoms with Crippen LogP contribution in [0, 0.1) is 0 Å². The van der Waals surface area contributed by atoms with Crippen LogP contribution in [0.2, 0.25) is 0 Å². The summed E-state index contributed by atoms with van der Waals surface area (Å²) < 4.78 is 1.43. The Hall–Kier alpha value is -4.24. The molecule has 4 amide bonds. The van der Waals surface area contributed by atoms with Crippen LogP contribution in [0.15, 0.2) is 23.2 Å². The number of likely N-dealkylation sites (tertiary alicyclic amines) is 1. The normalized spacial score (nSPS) is 31.3. The van der Waals surface area contributed by atoms with Crippen LogP contribution < -0.4 is 32.7 Å². The summed E-state index contributed by atoms with van der Waals surface area (Å²) in [6.07, 6.45) is 0.217. The number of aliphatic imine (C=N–C) groups is 1. The quantitative estimate of drug-likeness (QED) is 0.109. The minimum absolute atomic E-state index is 0.0251. The number of fused-ring (bicyclic) bond motifs is 1. The van der Waals surface area contributed by atoms with Crippen LogP contribution in [0.3, 0.4) is 0 Å². The molecule has 2 fully saturated rings. The van der Waals surface area contributed by atoms with Gasteiger partial charge in [-0.15, -0.1) is 0 Å². The number of aliphatic hydroxyl groups is 2. The topological polar surface area (TPSA) is 228 Å². The molecule has 37 heavy (non-hydrogen) atoms. The first-order valence-electron chi connectivity index (χ1n) is 11.8. The zero-order valence-electron chi connectivity index (χ0n) is 19.5. The molecule has 194 valence electrons. The maximum Gasteiger partial charge on any atom is 0.346 e. The van der Waals surface area contributed by atoms with Gasteiger partial charge in [0.25, 0.3) is 5.91 Å². The van der Waals surface area contributed by atoms with E-state index in [4.69, 9.17) is 11.5 Å². The van der Waals surface area contributed by atoms with E-state index in [2.05, 4.69) is 26.3 Å². The summed E-state index contributed by atoms with van der Waals surface area (Å²) in [6, 6.07) is 1.78. The summed E-state index contributed by atoms with van der Waals surface area (Å²) in [5, 5.41) is 34.3. The second kappa shape index (κ2) is 7.63. The highest BCUT2D eigenvalue weighted by molar-refractivity contribution is 6.06. The Morgan fingerprint density at radius 1 is 1.22 bits per heavy atom. The molecule has 0 saturated carbocycles. The maximum absolute atomic E-state index is 13.3. The fraction of sp³-hybridized carbons (Fsp3) is 0.455. The van der Waals surface area contributed by atoms with E-state index in [0.717, 1.165) is 4.90 Å². The van der Waals surface area contributed by atoms with Crippen LogP contribution in [-0.4, -0.2) is 97.9 Å². The third-order valence-electron chi connectivity index (χ3n) is 7.74. The molecule has 1 aromatic carbocycles. The summed E-state index contributed by atoms with van der Waals surface area (Å²) >= 11 is 0. The molecule has 0 aliphatic carbocycles. The van der Waals surface area contributed by atoms with E-state index in [1.54, 1.807) is 18.2 Å². The van der Waals surface area contributed by atoms with Crippen LogP contribution in [0.5, 0.6) is 0 Å². The van der Waals surface area contributed by atoms with Crippen molar-refractivity contribution in [3.05, 3.63) is 29.3 Å². The van der Waals surface area contributed by atoms with Crippen molar-refractivity contribution in [3.63, 3.8) is 0 Å². The molecule has 1 aromatic rings. The van der Waals surface area contributed by atoms with Gasteiger partial charge < -0.3 is 31.9 Å². The van der Waals surface area contributed by atoms with E-state index >= 15 is 0 Å². The molecule has 15 nitrogen and oxygen atoms in total. The van der Waals surface area contributed by atoms with Gasteiger partial charge in [0.1, 0.15) is 18.1 Å². The molecule has 1 spiro atoms. The SMILES string of the molecule is NC1=N[C@H]2[C@H](CN3C(=O)CCC3=O)NC(N)=[N+]3CC(NC(=O)c4cccc5c4CC(=O)N5)C(O)(O)[C@]23N1. The maximum atomic E-state index is 13.3. The van der Waals surface area contributed by atoms with Crippen LogP contribution >= 0.6 is 0 Å². The highest BCUT2D eigenvalue weighted by atomic mass is 16.5. The number of nitrogens with one attached hydrogen (secondary N) is 4. The number of anilines is 1. The van der Waals surface area contributed by atoms with E-state index in [1.807, 2.05) is 0 Å². The summed E-state index contributed by atoms with van der Waals surface area (Å²) in [5.74, 6) is -4.27. The molecule has 5 aliphatic heterocycles. The fourth-order valence-corrected chi connectivity index (χ4v) is 6.03. The minimum Gasteiger partial charge on any atom is -0.370 e. The molecule has 2 saturated heterocycles. The molecule has 6 rings (SSSR count). The molecule has 5 aliphatic rings. The number of carbonyl (C=O) groups is 4. The van der Waals surface area contributed by atoms with Gasteiger partial charge in [0.05, 0.1) is 19.5 Å². The second-order valence-electron chi connectivity index (χ2n) is 9.80. The number of rotatable bonds is 4. The number of guanidine groups is 2. The monoisotopic (exact) mass is 512 g/mol. The highest BCUT2D eigenvalue weighted by Crippen LogP contribution is 2.42. The lowest BCUT2D eigenvalue weighted by atomic mass is 9.85. The fourth-order valence-electron chi connectivity index (χ4n) is 6.03. The summed E-state index contributed by atoms with van der Waals surface area (Å²) in [7, 11) is 0. The van der Waals surface area contributed by atoms with Crippen molar-refractivity contribution in [2.45, 2.75) is 48.8 Å². The van der Waals surface area contributed by atoms with Crippen LogP contribution in [0.4, 0.5) is 5.69 Å². The Labute approximate surface area is 209 Å². The number of nitrogens with zero attached hydrogens (tertiary/aromatic N) is 3. The molecular formula is C22H26N9O6+. The molecule has 0 radical (unpaired) electrons. The average molecular weight is 513 g/mol. The minimum atomic E-state index is -2.66. The largest absolute Gasteiger partial charge is 0.370 e. The number of imide groups is 1. The number of hydrogen-bond acceptors (Lipinski definition) is 11. The van der Waals surface area contributed by atoms with E-state index in [-0.39, 0.29) is 67.6 Å². The van der Waals surface area contributed by atoms with Crippen molar-refractivity contribution in [3.8, 4) is 0 Å². The standard InChI is InChI=1S/C22H25N9O6/c23-19-28-17-12(7-30-15(33)4-5-16(30)34)26-20(24)31-8-13(22(36,37)21(17,31)29-19)27-18(35)9-2-1-3-11-10(9)6-14(32)25-11/h1-3,12-13,17,36-37H,4-8H2,(H7,23,24,25,26,27,28,29,32,35)/p+1/t12-,13?,17-,21-/m0/s1. The summed E-state index contributed by atoms with van der Waals surface area (Å²) in [6.45, 7) is -0.244. The highest BCUT2D eigenvalue weighted by Gasteiger charge is 2.75. The average Bonchev–Trinajstić information content (AvgIpc) is 3.54. The molecule has 1 unspecified atom stereocenters. The van der Waals surface area contributed by atoms with Gasteiger partial charge in [-0.1, -0.05) is 6.07 Å². The molecule has 10 N–H and O–H groups in total. The van der Waals surface area contributed by atoms with Gasteiger partial charge >= 0.3 is 5.96 Å². The van der Waals surface area contributed by atoms with E-state index in [0.29, 0.717) is 11.3 Å². The molecular weight excluding hydrogens is 486 g/mol. The Balaban J connectivity index is 1.32. The van der Waals surface area contributed by atoms with Crippen molar-refractivity contribution in [1.29, 1.82) is 0 Å². The zero-order valence-corrected chi connectivity index (χ0v) is 19.5. The van der Waals surface area contributed by atoms with Gasteiger partial charge in [0.15, 0.2) is 5.96 Å². The van der Waals surface area contributed by atoms with Crippen molar-refractivity contribution in [2.75, 3.05) is 18.4 Å². The van der Waals surface area contributed by atoms with Crippen LogP contribution in [0.1, 0.15) is 28.8 Å². The second-order valence-corrected chi connectivity index (χ2v) is 9.80. The van der Waals surface area contributed by atoms with Crippen molar-refractivity contribution < 1.29 is 34.0 Å². The van der Waals surface area contributed by atoms with Gasteiger partial charge in [-0.05, 0) is 17.7 Å². The smallest absolute Gasteiger partial charge is 0.346 e. The number of hydrogen-bond donors (Lipinski definition) is 8. The first kappa shape index (κ1) is 23.2. The number of amides is 4. The lowest BCUT2D eigenvalue weighted by Gasteiger charge is -2.44. The Bertz CT molecular complexity index is 1320. The first-order chi connectivity index (χ1) is 17.5. The van der Waals surface area contributed by atoms with Gasteiger partial charge in [0.2, 0.25) is 29.2 Å². The van der Waals surface area contributed by atoms with Crippen molar-refractivity contribution in [2.24, 2.45) is 16.5 Å². The molecule has 0 aromatic heterocycles. The van der Waals surface area contributed by atoms with E-state index < -0.39 is 35.5 Å². The number of nitrogens with two attached hydrogens (primary N) is 2.